The Morgan fingerprint density at radius 3 is 2.88 bits per heavy atom. The van der Waals surface area contributed by atoms with E-state index in [4.69, 9.17) is 9.72 Å². The Hall–Kier alpha value is -2.14. The Morgan fingerprint density at radius 2 is 2.08 bits per heavy atom. The molecule has 1 aromatic carbocycles. The van der Waals surface area contributed by atoms with E-state index in [1.54, 1.807) is 0 Å². The summed E-state index contributed by atoms with van der Waals surface area (Å²) in [4.78, 5) is 17.5. The zero-order chi connectivity index (χ0) is 17.1. The van der Waals surface area contributed by atoms with Gasteiger partial charge in [0, 0.05) is 25.3 Å². The number of rotatable bonds is 4. The van der Waals surface area contributed by atoms with Crippen molar-refractivity contribution in [3.63, 3.8) is 0 Å². The number of nitrogens with zero attached hydrogens (tertiary/aromatic N) is 2. The summed E-state index contributed by atoms with van der Waals surface area (Å²) in [6.45, 7) is 2.32. The van der Waals surface area contributed by atoms with E-state index in [2.05, 4.69) is 22.0 Å². The van der Waals surface area contributed by atoms with Crippen LogP contribution in [-0.2, 0) is 17.7 Å². The van der Waals surface area contributed by atoms with E-state index in [1.165, 1.54) is 6.42 Å². The minimum Gasteiger partial charge on any atom is -0.376 e. The van der Waals surface area contributed by atoms with E-state index < -0.39 is 0 Å². The topological polar surface area (TPSA) is 56.1 Å². The fourth-order valence-electron chi connectivity index (χ4n) is 3.80. The number of fused-ring (bicyclic) bond motifs is 1. The number of hydrogen-bond donors (Lipinski definition) is 1. The maximum atomic E-state index is 12.8. The number of carbonyl (C=O) groups excluding carboxylic acids is 1. The molecule has 5 heteroatoms. The smallest absolute Gasteiger partial charge is 0.271 e. The van der Waals surface area contributed by atoms with Crippen LogP contribution >= 0.6 is 0 Å². The molecule has 4 rings (SSSR count). The molecule has 5 nitrogen and oxygen atoms in total. The quantitative estimate of drug-likeness (QED) is 0.931. The highest BCUT2D eigenvalue weighted by Gasteiger charge is 2.25. The first-order chi connectivity index (χ1) is 12.3. The van der Waals surface area contributed by atoms with E-state index in [0.29, 0.717) is 12.2 Å². The number of imidazole rings is 1. The summed E-state index contributed by atoms with van der Waals surface area (Å²) in [7, 11) is 0. The third kappa shape index (κ3) is 3.47. The second-order valence-corrected chi connectivity index (χ2v) is 6.90. The Balaban J connectivity index is 1.62. The Labute approximate surface area is 148 Å². The molecule has 0 spiro atoms. The van der Waals surface area contributed by atoms with Crippen molar-refractivity contribution < 1.29 is 9.53 Å². The van der Waals surface area contributed by atoms with Crippen LogP contribution in [0.15, 0.2) is 30.3 Å². The molecule has 1 aromatic heterocycles. The van der Waals surface area contributed by atoms with Crippen molar-refractivity contribution >= 4 is 5.91 Å². The predicted octanol–water partition coefficient (Wildman–Crippen LogP) is 3.19. The number of benzene rings is 1. The van der Waals surface area contributed by atoms with Crippen molar-refractivity contribution in [2.75, 3.05) is 13.2 Å². The fourth-order valence-corrected chi connectivity index (χ4v) is 3.80. The molecule has 132 valence electrons. The zero-order valence-electron chi connectivity index (χ0n) is 14.5. The average molecular weight is 339 g/mol. The van der Waals surface area contributed by atoms with Gasteiger partial charge in [0.25, 0.3) is 5.91 Å². The molecule has 0 bridgehead atoms. The first kappa shape index (κ1) is 16.3. The lowest BCUT2D eigenvalue weighted by Crippen LogP contribution is -2.32. The van der Waals surface area contributed by atoms with Crippen molar-refractivity contribution in [1.82, 2.24) is 14.9 Å². The lowest BCUT2D eigenvalue weighted by Gasteiger charge is -2.11. The molecule has 1 atom stereocenters. The summed E-state index contributed by atoms with van der Waals surface area (Å²) in [5.74, 6) is 0.850. The lowest BCUT2D eigenvalue weighted by molar-refractivity contribution is 0.0853. The van der Waals surface area contributed by atoms with Gasteiger partial charge in [-0.25, -0.2) is 4.98 Å². The van der Waals surface area contributed by atoms with Crippen molar-refractivity contribution in [2.24, 2.45) is 0 Å². The van der Waals surface area contributed by atoms with Gasteiger partial charge in [0.1, 0.15) is 11.5 Å². The molecule has 1 N–H and O–H groups in total. The van der Waals surface area contributed by atoms with Gasteiger partial charge in [0.05, 0.1) is 11.8 Å². The Morgan fingerprint density at radius 1 is 1.20 bits per heavy atom. The van der Waals surface area contributed by atoms with Gasteiger partial charge in [-0.1, -0.05) is 36.8 Å². The Bertz CT molecular complexity index is 733. The molecule has 2 aliphatic rings. The molecule has 0 aliphatic carbocycles. The van der Waals surface area contributed by atoms with Crippen molar-refractivity contribution in [1.29, 1.82) is 0 Å². The van der Waals surface area contributed by atoms with Gasteiger partial charge in [-0.2, -0.15) is 0 Å². The van der Waals surface area contributed by atoms with Crippen molar-refractivity contribution in [2.45, 2.75) is 51.2 Å². The highest BCUT2D eigenvalue weighted by molar-refractivity contribution is 5.94. The van der Waals surface area contributed by atoms with E-state index in [0.717, 1.165) is 62.3 Å². The van der Waals surface area contributed by atoms with Crippen LogP contribution in [0.2, 0.25) is 0 Å². The van der Waals surface area contributed by atoms with Crippen LogP contribution in [0.3, 0.4) is 0 Å². The van der Waals surface area contributed by atoms with Crippen LogP contribution in [0.4, 0.5) is 0 Å². The van der Waals surface area contributed by atoms with Gasteiger partial charge in [0.15, 0.2) is 0 Å². The molecule has 0 radical (unpaired) electrons. The standard InChI is InChI=1S/C20H25N3O2/c24-20(21-14-16-10-7-13-25-16)18-17-11-5-2-6-12-23(17)19(22-18)15-8-3-1-4-9-15/h1,3-4,8-9,16H,2,5-7,10-14H2,(H,21,24)/t16-/m1/s1. The van der Waals surface area contributed by atoms with Crippen LogP contribution < -0.4 is 5.32 Å². The summed E-state index contributed by atoms with van der Waals surface area (Å²) >= 11 is 0. The average Bonchev–Trinajstić information content (AvgIpc) is 3.23. The van der Waals surface area contributed by atoms with Crippen LogP contribution in [0.25, 0.3) is 11.4 Å². The summed E-state index contributed by atoms with van der Waals surface area (Å²) in [6.07, 6.45) is 6.63. The second kappa shape index (κ2) is 7.40. The molecule has 2 aliphatic heterocycles. The van der Waals surface area contributed by atoms with Crippen LogP contribution in [-0.4, -0.2) is 34.7 Å². The first-order valence-corrected chi connectivity index (χ1v) is 9.37. The molecule has 2 aromatic rings. The lowest BCUT2D eigenvalue weighted by atomic mass is 10.1. The van der Waals surface area contributed by atoms with Gasteiger partial charge < -0.3 is 14.6 Å². The molecule has 25 heavy (non-hydrogen) atoms. The normalized spacial score (nSPS) is 20.1. The Kier molecular flexibility index (Phi) is 4.83. The molecule has 0 unspecified atom stereocenters. The van der Waals surface area contributed by atoms with Gasteiger partial charge in [0.2, 0.25) is 0 Å². The molecule has 1 fully saturated rings. The van der Waals surface area contributed by atoms with Crippen LogP contribution in [0.1, 0.15) is 48.3 Å². The largest absolute Gasteiger partial charge is 0.376 e. The van der Waals surface area contributed by atoms with E-state index in [9.17, 15) is 4.79 Å². The third-order valence-electron chi connectivity index (χ3n) is 5.13. The molecule has 3 heterocycles. The fraction of sp³-hybridized carbons (Fsp3) is 0.500. The van der Waals surface area contributed by atoms with E-state index >= 15 is 0 Å². The van der Waals surface area contributed by atoms with E-state index in [-0.39, 0.29) is 12.0 Å². The number of aromatic nitrogens is 2. The maximum absolute atomic E-state index is 12.8. The summed E-state index contributed by atoms with van der Waals surface area (Å²) < 4.78 is 7.86. The van der Waals surface area contributed by atoms with Crippen LogP contribution in [0.5, 0.6) is 0 Å². The minimum absolute atomic E-state index is 0.0664. The first-order valence-electron chi connectivity index (χ1n) is 9.37. The van der Waals surface area contributed by atoms with Gasteiger partial charge in [-0.3, -0.25) is 4.79 Å². The monoisotopic (exact) mass is 339 g/mol. The number of nitrogens with one attached hydrogen (secondary N) is 1. The highest BCUT2D eigenvalue weighted by Crippen LogP contribution is 2.27. The van der Waals surface area contributed by atoms with Crippen LogP contribution in [0, 0.1) is 0 Å². The summed E-state index contributed by atoms with van der Waals surface area (Å²) in [5, 5.41) is 3.04. The summed E-state index contributed by atoms with van der Waals surface area (Å²) in [6, 6.07) is 10.2. The molecule has 1 saturated heterocycles. The molecular formula is C20H25N3O2. The van der Waals surface area contributed by atoms with Crippen molar-refractivity contribution in [3.8, 4) is 11.4 Å². The zero-order valence-corrected chi connectivity index (χ0v) is 14.5. The number of carbonyl (C=O) groups is 1. The third-order valence-corrected chi connectivity index (χ3v) is 5.13. The van der Waals surface area contributed by atoms with Gasteiger partial charge in [-0.15, -0.1) is 0 Å². The van der Waals surface area contributed by atoms with Gasteiger partial charge in [-0.05, 0) is 32.1 Å². The molecular weight excluding hydrogens is 314 g/mol. The predicted molar refractivity (Wildman–Crippen MR) is 96.5 cm³/mol. The molecule has 0 saturated carbocycles. The second-order valence-electron chi connectivity index (χ2n) is 6.90. The number of amides is 1. The van der Waals surface area contributed by atoms with Crippen molar-refractivity contribution in [3.05, 3.63) is 41.7 Å². The number of hydrogen-bond acceptors (Lipinski definition) is 3. The maximum Gasteiger partial charge on any atom is 0.271 e. The highest BCUT2D eigenvalue weighted by atomic mass is 16.5. The summed E-state index contributed by atoms with van der Waals surface area (Å²) in [5.41, 5.74) is 2.75. The SMILES string of the molecule is O=C(NC[C@H]1CCCO1)c1nc(-c2ccccc2)n2c1CCCCC2. The number of ether oxygens (including phenoxy) is 1. The van der Waals surface area contributed by atoms with Gasteiger partial charge >= 0.3 is 0 Å². The van der Waals surface area contributed by atoms with E-state index in [1.807, 2.05) is 18.2 Å². The minimum atomic E-state index is -0.0664. The molecule has 1 amide bonds.